The molecule has 0 fully saturated rings. The molecule has 0 saturated carbocycles. The van der Waals surface area contributed by atoms with Gasteiger partial charge in [-0.1, -0.05) is 13.3 Å². The number of nitrogens with one attached hydrogen (secondary N) is 1. The van der Waals surface area contributed by atoms with Crippen LogP contribution in [0.15, 0.2) is 0 Å². The van der Waals surface area contributed by atoms with Crippen molar-refractivity contribution >= 4 is 21.9 Å². The molecule has 1 rings (SSSR count). The number of hydrogen-bond acceptors (Lipinski definition) is 7. The van der Waals surface area contributed by atoms with E-state index in [4.69, 9.17) is 10.2 Å². The van der Waals surface area contributed by atoms with Crippen LogP contribution in [0.1, 0.15) is 37.0 Å². The van der Waals surface area contributed by atoms with Gasteiger partial charge in [0.2, 0.25) is 27.4 Å². The van der Waals surface area contributed by atoms with Crippen LogP contribution < -0.4 is 9.46 Å². The number of hydrogen-bond donors (Lipinski definition) is 3. The monoisotopic (exact) mass is 445 g/mol. The Balaban J connectivity index is 3.34. The smallest absolute Gasteiger partial charge is 0.322 e. The summed E-state index contributed by atoms with van der Waals surface area (Å²) in [5.41, 5.74) is -3.91. The number of benzene rings is 1. The molecule has 0 spiro atoms. The topological polar surface area (TPSA) is 130 Å². The van der Waals surface area contributed by atoms with Gasteiger partial charge in [0.25, 0.3) is 5.91 Å². The minimum atomic E-state index is -4.32. The molecule has 3 N–H and O–H groups in total. The van der Waals surface area contributed by atoms with Crippen molar-refractivity contribution in [2.75, 3.05) is 19.0 Å². The van der Waals surface area contributed by atoms with E-state index in [-0.39, 0.29) is 6.42 Å². The summed E-state index contributed by atoms with van der Waals surface area (Å²) in [6.07, 6.45) is 0.529. The van der Waals surface area contributed by atoms with Crippen molar-refractivity contribution in [1.82, 2.24) is 4.72 Å². The number of carbonyl (C=O) groups is 2. The van der Waals surface area contributed by atoms with Crippen LogP contribution in [-0.2, 0) is 14.8 Å². The fraction of sp³-hybridized carbons (Fsp3) is 0.500. The molecule has 0 aromatic heterocycles. The van der Waals surface area contributed by atoms with Gasteiger partial charge in [0.15, 0.2) is 11.6 Å². The number of esters is 1. The normalized spacial score (nSPS) is 12.0. The highest BCUT2D eigenvalue weighted by atomic mass is 32.2. The molecular weight excluding hydrogens is 426 g/mol. The van der Waals surface area contributed by atoms with Crippen LogP contribution in [0.3, 0.4) is 0 Å². The summed E-state index contributed by atoms with van der Waals surface area (Å²) in [7, 11) is -4.32. The summed E-state index contributed by atoms with van der Waals surface area (Å²) < 4.78 is 85.5. The second kappa shape index (κ2) is 9.50. The van der Waals surface area contributed by atoms with Crippen molar-refractivity contribution < 1.29 is 50.5 Å². The van der Waals surface area contributed by atoms with Gasteiger partial charge in [0.1, 0.15) is 11.0 Å². The zero-order valence-corrected chi connectivity index (χ0v) is 16.2. The Hall–Kier alpha value is -2.25. The van der Waals surface area contributed by atoms with Crippen LogP contribution in [0.2, 0.25) is 0 Å². The Morgan fingerprint density at radius 3 is 1.93 bits per heavy atom. The Morgan fingerprint density at radius 1 is 1.03 bits per heavy atom. The molecule has 0 aliphatic heterocycles. The summed E-state index contributed by atoms with van der Waals surface area (Å²) in [5, 5.41) is 18.1. The highest BCUT2D eigenvalue weighted by molar-refractivity contribution is 7.90. The van der Waals surface area contributed by atoms with Crippen molar-refractivity contribution in [2.24, 2.45) is 5.41 Å². The average molecular weight is 445 g/mol. The first kappa shape index (κ1) is 24.8. The van der Waals surface area contributed by atoms with Crippen molar-refractivity contribution in [3.63, 3.8) is 0 Å². The molecule has 0 radical (unpaired) electrons. The van der Waals surface area contributed by atoms with Crippen molar-refractivity contribution in [2.45, 2.75) is 26.7 Å². The molecule has 13 heteroatoms. The van der Waals surface area contributed by atoms with Gasteiger partial charge >= 0.3 is 5.97 Å². The van der Waals surface area contributed by atoms with Gasteiger partial charge in [0.05, 0.1) is 19.0 Å². The third kappa shape index (κ3) is 5.42. The molecule has 0 aliphatic rings. The number of unbranched alkanes of at least 4 members (excludes halogenated alkanes) is 1. The minimum Gasteiger partial charge on any atom is -0.419 e. The molecular formula is C16H19F4NO7S. The first-order chi connectivity index (χ1) is 13.3. The maximum absolute atomic E-state index is 14.2. The lowest BCUT2D eigenvalue weighted by Gasteiger charge is -2.22. The molecule has 0 unspecified atom stereocenters. The van der Waals surface area contributed by atoms with Gasteiger partial charge in [-0.3, -0.25) is 9.59 Å². The van der Waals surface area contributed by atoms with E-state index in [0.29, 0.717) is 6.42 Å². The summed E-state index contributed by atoms with van der Waals surface area (Å²) in [6, 6.07) is 0. The maximum atomic E-state index is 14.2. The van der Waals surface area contributed by atoms with E-state index in [9.17, 15) is 35.6 Å². The Morgan fingerprint density at radius 2 is 1.52 bits per heavy atom. The first-order valence-corrected chi connectivity index (χ1v) is 9.85. The summed E-state index contributed by atoms with van der Waals surface area (Å²) >= 11 is 0. The average Bonchev–Trinajstić information content (AvgIpc) is 2.67. The molecule has 1 aromatic rings. The van der Waals surface area contributed by atoms with Crippen molar-refractivity contribution in [3.8, 4) is 5.75 Å². The largest absolute Gasteiger partial charge is 0.419 e. The second-order valence-corrected chi connectivity index (χ2v) is 8.17. The summed E-state index contributed by atoms with van der Waals surface area (Å²) in [6.45, 7) is 0.542. The van der Waals surface area contributed by atoms with Gasteiger partial charge < -0.3 is 14.9 Å². The summed E-state index contributed by atoms with van der Waals surface area (Å²) in [4.78, 5) is 23.7. The molecule has 0 saturated heterocycles. The summed E-state index contributed by atoms with van der Waals surface area (Å²) in [5.74, 6) is -15.2. The number of rotatable bonds is 9. The number of ether oxygens (including phenoxy) is 1. The highest BCUT2D eigenvalue weighted by Crippen LogP contribution is 2.32. The number of sulfonamides is 1. The minimum absolute atomic E-state index is 0.111. The van der Waals surface area contributed by atoms with E-state index < -0.39 is 80.9 Å². The predicted molar refractivity (Wildman–Crippen MR) is 90.3 cm³/mol. The third-order valence-electron chi connectivity index (χ3n) is 3.85. The van der Waals surface area contributed by atoms with Gasteiger partial charge in [-0.15, -0.1) is 0 Å². The van der Waals surface area contributed by atoms with Crippen LogP contribution in [0.25, 0.3) is 0 Å². The molecule has 1 aromatic carbocycles. The fourth-order valence-corrected chi connectivity index (χ4v) is 3.03. The zero-order chi connectivity index (χ0) is 22.6. The number of halogens is 4. The van der Waals surface area contributed by atoms with E-state index >= 15 is 0 Å². The lowest BCUT2D eigenvalue weighted by Crippen LogP contribution is -2.39. The molecule has 1 amide bonds. The van der Waals surface area contributed by atoms with E-state index in [0.717, 1.165) is 6.92 Å². The third-order valence-corrected chi connectivity index (χ3v) is 5.17. The van der Waals surface area contributed by atoms with Crippen molar-refractivity contribution in [1.29, 1.82) is 0 Å². The van der Waals surface area contributed by atoms with Gasteiger partial charge in [-0.2, -0.15) is 8.78 Å². The fourth-order valence-electron chi connectivity index (χ4n) is 1.87. The van der Waals surface area contributed by atoms with Crippen LogP contribution in [0.5, 0.6) is 5.75 Å². The quantitative estimate of drug-likeness (QED) is 0.224. The van der Waals surface area contributed by atoms with Gasteiger partial charge in [0, 0.05) is 0 Å². The van der Waals surface area contributed by atoms with E-state index in [1.54, 1.807) is 6.92 Å². The molecule has 0 heterocycles. The molecule has 0 aliphatic carbocycles. The van der Waals surface area contributed by atoms with Crippen LogP contribution >= 0.6 is 0 Å². The van der Waals surface area contributed by atoms with E-state index in [1.807, 2.05) is 0 Å². The second-order valence-electron chi connectivity index (χ2n) is 6.33. The highest BCUT2D eigenvalue weighted by Gasteiger charge is 2.38. The molecule has 0 bridgehead atoms. The molecule has 8 nitrogen and oxygen atoms in total. The Bertz CT molecular complexity index is 872. The zero-order valence-electron chi connectivity index (χ0n) is 15.4. The van der Waals surface area contributed by atoms with Crippen LogP contribution in [-0.4, -0.2) is 49.5 Å². The predicted octanol–water partition coefficient (Wildman–Crippen LogP) is 0.999. The maximum Gasteiger partial charge on any atom is 0.322 e. The lowest BCUT2D eigenvalue weighted by molar-refractivity contribution is -0.150. The SMILES string of the molecule is CCCCS(=O)(=O)NC(=O)c1c(F)c(F)c(OC(=O)C(C)(CO)CO)c(F)c1F. The van der Waals surface area contributed by atoms with Gasteiger partial charge in [-0.25, -0.2) is 21.9 Å². The molecule has 0 atom stereocenters. The first-order valence-electron chi connectivity index (χ1n) is 8.20. The van der Waals surface area contributed by atoms with E-state index in [1.165, 1.54) is 4.72 Å². The van der Waals surface area contributed by atoms with Crippen LogP contribution in [0.4, 0.5) is 17.6 Å². The standard InChI is InChI=1S/C16H19F4NO7S/c1-3-4-5-29(26,27)21-14(24)8-9(17)11(19)13(12(20)10(8)18)28-15(25)16(2,6-22)7-23/h22-23H,3-7H2,1-2H3,(H,21,24). The number of aliphatic hydroxyl groups excluding tert-OH is 2. The van der Waals surface area contributed by atoms with Crippen molar-refractivity contribution in [3.05, 3.63) is 28.8 Å². The van der Waals surface area contributed by atoms with Crippen LogP contribution in [0, 0.1) is 28.7 Å². The molecule has 164 valence electrons. The lowest BCUT2D eigenvalue weighted by atomic mass is 9.93. The Kier molecular flexibility index (Phi) is 8.12. The Labute approximate surface area is 163 Å². The van der Waals surface area contributed by atoms with Gasteiger partial charge in [-0.05, 0) is 13.3 Å². The molecule has 29 heavy (non-hydrogen) atoms. The number of carbonyl (C=O) groups excluding carboxylic acids is 2. The van der Waals surface area contributed by atoms with E-state index in [2.05, 4.69) is 4.74 Å². The number of aliphatic hydroxyl groups is 2. The number of amides is 1.